The van der Waals surface area contributed by atoms with Crippen LogP contribution in [0.3, 0.4) is 0 Å². The minimum Gasteiger partial charge on any atom is -0.395 e. The second kappa shape index (κ2) is 10.6. The third-order valence-corrected chi connectivity index (χ3v) is 6.47. The van der Waals surface area contributed by atoms with E-state index in [1.54, 1.807) is 11.8 Å². The first-order chi connectivity index (χ1) is 14.8. The first-order valence-corrected chi connectivity index (χ1v) is 12.1. The highest BCUT2D eigenvalue weighted by molar-refractivity contribution is 7.98. The van der Waals surface area contributed by atoms with Crippen molar-refractivity contribution in [2.24, 2.45) is 5.16 Å². The average molecular weight is 419 g/mol. The van der Waals surface area contributed by atoms with Crippen LogP contribution in [0.15, 0.2) is 76.8 Å². The third kappa shape index (κ3) is 5.24. The molecule has 0 aromatic heterocycles. The second-order valence-corrected chi connectivity index (χ2v) is 8.66. The van der Waals surface area contributed by atoms with E-state index < -0.39 is 0 Å². The van der Waals surface area contributed by atoms with Gasteiger partial charge in [-0.1, -0.05) is 66.2 Å². The maximum Gasteiger partial charge on any atom is 0.118 e. The van der Waals surface area contributed by atoms with Crippen LogP contribution in [0.25, 0.3) is 10.8 Å². The van der Waals surface area contributed by atoms with Crippen molar-refractivity contribution >= 4 is 28.2 Å². The first kappa shape index (κ1) is 21.0. The van der Waals surface area contributed by atoms with Crippen molar-refractivity contribution in [3.63, 3.8) is 0 Å². The Hall–Kier alpha value is -2.30. The maximum atomic E-state index is 5.86. The minimum absolute atomic E-state index is 0.646. The molecule has 0 amide bonds. The van der Waals surface area contributed by atoms with Crippen molar-refractivity contribution in [3.05, 3.63) is 77.9 Å². The lowest BCUT2D eigenvalue weighted by atomic mass is 9.97. The average Bonchev–Trinajstić information content (AvgIpc) is 2.82. The summed E-state index contributed by atoms with van der Waals surface area (Å²) in [6, 6.07) is 23.4. The van der Waals surface area contributed by atoms with Crippen LogP contribution in [0.2, 0.25) is 0 Å². The second-order valence-electron chi connectivity index (χ2n) is 7.78. The monoisotopic (exact) mass is 418 g/mol. The summed E-state index contributed by atoms with van der Waals surface area (Å²) in [5, 5.41) is 7.06. The van der Waals surface area contributed by atoms with Crippen LogP contribution in [-0.4, -0.2) is 43.1 Å². The fourth-order valence-electron chi connectivity index (χ4n) is 4.08. The molecule has 0 spiro atoms. The van der Waals surface area contributed by atoms with Gasteiger partial charge < -0.3 is 9.74 Å². The van der Waals surface area contributed by atoms with E-state index in [0.29, 0.717) is 6.61 Å². The van der Waals surface area contributed by atoms with E-state index in [4.69, 9.17) is 4.84 Å². The van der Waals surface area contributed by atoms with Gasteiger partial charge in [0.05, 0.1) is 0 Å². The molecule has 1 fully saturated rings. The largest absolute Gasteiger partial charge is 0.395 e. The van der Waals surface area contributed by atoms with Crippen molar-refractivity contribution in [2.75, 3.05) is 32.5 Å². The third-order valence-electron chi connectivity index (χ3n) is 5.72. The molecular weight excluding hydrogens is 388 g/mol. The summed E-state index contributed by atoms with van der Waals surface area (Å²) in [4.78, 5) is 9.65. The number of nitrogens with zero attached hydrogens (tertiary/aromatic N) is 2. The molecular formula is C26H30N2OS. The highest BCUT2D eigenvalue weighted by Crippen LogP contribution is 2.24. The molecule has 0 aliphatic carbocycles. The Morgan fingerprint density at radius 1 is 0.933 bits per heavy atom. The predicted molar refractivity (Wildman–Crippen MR) is 129 cm³/mol. The van der Waals surface area contributed by atoms with Crippen molar-refractivity contribution in [2.45, 2.75) is 30.6 Å². The first-order valence-electron chi connectivity index (χ1n) is 10.9. The molecule has 0 atom stereocenters. The molecule has 0 saturated carbocycles. The van der Waals surface area contributed by atoms with E-state index in [1.165, 1.54) is 48.0 Å². The molecule has 0 N–H and O–H groups in total. The van der Waals surface area contributed by atoms with E-state index in [0.717, 1.165) is 29.8 Å². The number of piperidine rings is 1. The molecule has 0 unspecified atom stereocenters. The fourth-order valence-corrected chi connectivity index (χ4v) is 4.49. The lowest BCUT2D eigenvalue weighted by molar-refractivity contribution is 0.124. The van der Waals surface area contributed by atoms with Gasteiger partial charge in [-0.3, -0.25) is 0 Å². The van der Waals surface area contributed by atoms with Gasteiger partial charge in [0, 0.05) is 22.6 Å². The van der Waals surface area contributed by atoms with Gasteiger partial charge in [-0.25, -0.2) is 0 Å². The zero-order valence-electron chi connectivity index (χ0n) is 17.7. The lowest BCUT2D eigenvalue weighted by Crippen LogP contribution is -2.31. The SMILES string of the molecule is CSc1ccc(/C(=N/OCCCN2CCCCC2)c2cccc3ccccc23)cc1. The van der Waals surface area contributed by atoms with E-state index in [-0.39, 0.29) is 0 Å². The van der Waals surface area contributed by atoms with Crippen molar-refractivity contribution in [1.29, 1.82) is 0 Å². The van der Waals surface area contributed by atoms with Gasteiger partial charge in [-0.15, -0.1) is 11.8 Å². The molecule has 1 aliphatic heterocycles. The molecule has 4 heteroatoms. The number of hydrogen-bond donors (Lipinski definition) is 0. The van der Waals surface area contributed by atoms with Gasteiger partial charge in [0.2, 0.25) is 0 Å². The zero-order valence-corrected chi connectivity index (χ0v) is 18.5. The van der Waals surface area contributed by atoms with Gasteiger partial charge in [0.1, 0.15) is 12.3 Å². The van der Waals surface area contributed by atoms with Gasteiger partial charge in [0.15, 0.2) is 0 Å². The maximum absolute atomic E-state index is 5.86. The van der Waals surface area contributed by atoms with Gasteiger partial charge in [0.25, 0.3) is 0 Å². The van der Waals surface area contributed by atoms with E-state index in [1.807, 2.05) is 0 Å². The summed E-state index contributed by atoms with van der Waals surface area (Å²) in [7, 11) is 0. The van der Waals surface area contributed by atoms with Gasteiger partial charge in [-0.05, 0) is 61.5 Å². The number of fused-ring (bicyclic) bond motifs is 1. The van der Waals surface area contributed by atoms with Crippen LogP contribution in [0.1, 0.15) is 36.8 Å². The van der Waals surface area contributed by atoms with E-state index in [2.05, 4.69) is 83.0 Å². The molecule has 156 valence electrons. The Morgan fingerprint density at radius 3 is 2.50 bits per heavy atom. The smallest absolute Gasteiger partial charge is 0.118 e. The highest BCUT2D eigenvalue weighted by atomic mass is 32.2. The molecule has 3 aromatic rings. The van der Waals surface area contributed by atoms with E-state index >= 15 is 0 Å². The normalized spacial score (nSPS) is 15.4. The Morgan fingerprint density at radius 2 is 1.70 bits per heavy atom. The Balaban J connectivity index is 1.54. The lowest BCUT2D eigenvalue weighted by Gasteiger charge is -2.25. The molecule has 0 bridgehead atoms. The molecule has 0 radical (unpaired) electrons. The number of benzene rings is 3. The summed E-state index contributed by atoms with van der Waals surface area (Å²) in [6.45, 7) is 4.20. The topological polar surface area (TPSA) is 24.8 Å². The van der Waals surface area contributed by atoms with Crippen molar-refractivity contribution < 1.29 is 4.84 Å². The zero-order chi connectivity index (χ0) is 20.6. The van der Waals surface area contributed by atoms with Gasteiger partial charge in [-0.2, -0.15) is 0 Å². The minimum atomic E-state index is 0.646. The molecule has 1 saturated heterocycles. The molecule has 1 heterocycles. The summed E-state index contributed by atoms with van der Waals surface area (Å²) in [5.74, 6) is 0. The predicted octanol–water partition coefficient (Wildman–Crippen LogP) is 6.21. The van der Waals surface area contributed by atoms with Crippen LogP contribution >= 0.6 is 11.8 Å². The fraction of sp³-hybridized carbons (Fsp3) is 0.346. The Kier molecular flexibility index (Phi) is 7.44. The number of rotatable bonds is 8. The van der Waals surface area contributed by atoms with Crippen molar-refractivity contribution in [3.8, 4) is 0 Å². The van der Waals surface area contributed by atoms with Crippen molar-refractivity contribution in [1.82, 2.24) is 4.90 Å². The number of hydrogen-bond acceptors (Lipinski definition) is 4. The van der Waals surface area contributed by atoms with Crippen LogP contribution in [0.4, 0.5) is 0 Å². The molecule has 4 rings (SSSR count). The van der Waals surface area contributed by atoms with Crippen LogP contribution in [0, 0.1) is 0 Å². The van der Waals surface area contributed by atoms with Crippen LogP contribution < -0.4 is 0 Å². The summed E-state index contributed by atoms with van der Waals surface area (Å²) < 4.78 is 0. The quantitative estimate of drug-likeness (QED) is 0.188. The number of thioether (sulfide) groups is 1. The number of likely N-dealkylation sites (tertiary alicyclic amines) is 1. The van der Waals surface area contributed by atoms with E-state index in [9.17, 15) is 0 Å². The van der Waals surface area contributed by atoms with Crippen LogP contribution in [0.5, 0.6) is 0 Å². The standard InChI is InChI=1S/C26H30N2OS/c1-30-23-15-13-22(14-16-23)26(25-12-7-10-21-9-3-4-11-24(21)25)27-29-20-8-19-28-17-5-2-6-18-28/h3-4,7,9-16H,2,5-6,8,17-20H2,1H3/b27-26-. The molecule has 3 nitrogen and oxygen atoms in total. The van der Waals surface area contributed by atoms with Gasteiger partial charge >= 0.3 is 0 Å². The Labute approximate surface area is 184 Å². The molecule has 1 aliphatic rings. The number of oxime groups is 1. The summed E-state index contributed by atoms with van der Waals surface area (Å²) >= 11 is 1.75. The molecule has 30 heavy (non-hydrogen) atoms. The summed E-state index contributed by atoms with van der Waals surface area (Å²) in [5.41, 5.74) is 3.10. The van der Waals surface area contributed by atoms with Crippen LogP contribution in [-0.2, 0) is 4.84 Å². The molecule has 3 aromatic carbocycles. The highest BCUT2D eigenvalue weighted by Gasteiger charge is 2.13. The Bertz CT molecular complexity index is 972. The summed E-state index contributed by atoms with van der Waals surface area (Å²) in [6.07, 6.45) is 7.14.